The number of aliphatic hydroxyl groups is 1. The van der Waals surface area contributed by atoms with Crippen molar-refractivity contribution < 1.29 is 37.9 Å². The topological polar surface area (TPSA) is 181 Å². The van der Waals surface area contributed by atoms with Gasteiger partial charge in [-0.1, -0.05) is 53.7 Å². The van der Waals surface area contributed by atoms with E-state index < -0.39 is 40.9 Å². The van der Waals surface area contributed by atoms with Crippen LogP contribution in [0.25, 0.3) is 0 Å². The lowest BCUT2D eigenvalue weighted by atomic mass is 10.0. The summed E-state index contributed by atoms with van der Waals surface area (Å²) < 4.78 is 28.7. The van der Waals surface area contributed by atoms with E-state index in [0.29, 0.717) is 24.9 Å². The van der Waals surface area contributed by atoms with Crippen LogP contribution in [-0.4, -0.2) is 91.6 Å². The average molecular weight is 621 g/mol. The van der Waals surface area contributed by atoms with Gasteiger partial charge in [0.15, 0.2) is 0 Å². The highest BCUT2D eigenvalue weighted by Crippen LogP contribution is 2.28. The summed E-state index contributed by atoms with van der Waals surface area (Å²) in [5.74, 6) is -0.361. The molecule has 1 fully saturated rings. The molecule has 15 heteroatoms. The summed E-state index contributed by atoms with van der Waals surface area (Å²) in [6, 6.07) is 13.7. The van der Waals surface area contributed by atoms with E-state index in [1.807, 2.05) is 6.07 Å². The second-order valence-electron chi connectivity index (χ2n) is 9.99. The zero-order valence-electron chi connectivity index (χ0n) is 24.3. The standard InChI is InChI=1S/C28H40N6O8S/c1-3-32(33(20-35)30-18-27(37)29-2)22-12-9-15-24(17-22)43(40,41)34(42-23-13-7-8-14-23)19-26(36)25(31-28(38)39)16-21-10-5-4-6-11-21/h4-6,9-12,15,17,20,23,25-26,30-31,36H,3,7-8,13-14,16,18-19H2,1-2H3,(H,29,37)(H,38,39)/t25-,26+/m0/s1. The van der Waals surface area contributed by atoms with Crippen molar-refractivity contribution in [2.45, 2.75) is 62.2 Å². The number of carbonyl (C=O) groups excluding carboxylic acids is 2. The lowest BCUT2D eigenvalue weighted by Gasteiger charge is -2.33. The van der Waals surface area contributed by atoms with Crippen LogP contribution in [0.1, 0.15) is 38.2 Å². The average Bonchev–Trinajstić information content (AvgIpc) is 3.52. The van der Waals surface area contributed by atoms with Crippen LogP contribution in [0.2, 0.25) is 0 Å². The molecule has 3 amide bonds. The Morgan fingerprint density at radius 2 is 1.81 bits per heavy atom. The fourth-order valence-electron chi connectivity index (χ4n) is 4.75. The fourth-order valence-corrected chi connectivity index (χ4v) is 6.09. The monoisotopic (exact) mass is 620 g/mol. The molecule has 0 heterocycles. The highest BCUT2D eigenvalue weighted by Gasteiger charge is 2.35. The van der Waals surface area contributed by atoms with Crippen LogP contribution in [0, 0.1) is 0 Å². The smallest absolute Gasteiger partial charge is 0.404 e. The quantitative estimate of drug-likeness (QED) is 0.128. The molecule has 0 aromatic heterocycles. The van der Waals surface area contributed by atoms with Crippen molar-refractivity contribution in [3.8, 4) is 0 Å². The second-order valence-corrected chi connectivity index (χ2v) is 11.8. The Morgan fingerprint density at radius 1 is 1.12 bits per heavy atom. The Bertz CT molecular complexity index is 1310. The first-order chi connectivity index (χ1) is 20.6. The molecule has 0 unspecified atom stereocenters. The van der Waals surface area contributed by atoms with Crippen LogP contribution in [-0.2, 0) is 30.9 Å². The minimum Gasteiger partial charge on any atom is -0.465 e. The maximum absolute atomic E-state index is 14.0. The first-order valence-electron chi connectivity index (χ1n) is 14.1. The number of benzene rings is 2. The predicted octanol–water partition coefficient (Wildman–Crippen LogP) is 1.24. The number of sulfonamides is 1. The van der Waals surface area contributed by atoms with Gasteiger partial charge < -0.3 is 20.8 Å². The third-order valence-corrected chi connectivity index (χ3v) is 8.62. The highest BCUT2D eigenvalue weighted by atomic mass is 32.2. The molecule has 0 bridgehead atoms. The van der Waals surface area contributed by atoms with Gasteiger partial charge in [-0.15, -0.1) is 0 Å². The Hall–Kier alpha value is -3.76. The number of amides is 3. The van der Waals surface area contributed by atoms with Crippen LogP contribution in [0.3, 0.4) is 0 Å². The number of likely N-dealkylation sites (N-methyl/N-ethyl adjacent to an activating group) is 1. The van der Waals surface area contributed by atoms with Crippen LogP contribution < -0.4 is 21.1 Å². The maximum Gasteiger partial charge on any atom is 0.404 e. The molecule has 43 heavy (non-hydrogen) atoms. The number of aliphatic hydroxyl groups excluding tert-OH is 1. The molecule has 1 aliphatic carbocycles. The summed E-state index contributed by atoms with van der Waals surface area (Å²) in [7, 11) is -2.93. The van der Waals surface area contributed by atoms with Crippen LogP contribution in [0.5, 0.6) is 0 Å². The van der Waals surface area contributed by atoms with E-state index in [4.69, 9.17) is 4.84 Å². The number of hydroxylamine groups is 1. The van der Waals surface area contributed by atoms with Gasteiger partial charge in [0, 0.05) is 13.6 Å². The van der Waals surface area contributed by atoms with Crippen molar-refractivity contribution in [1.82, 2.24) is 25.6 Å². The van der Waals surface area contributed by atoms with Gasteiger partial charge in [-0.05, 0) is 49.9 Å². The van der Waals surface area contributed by atoms with Crippen LogP contribution in [0.4, 0.5) is 10.5 Å². The van der Waals surface area contributed by atoms with Gasteiger partial charge in [0.1, 0.15) is 0 Å². The van der Waals surface area contributed by atoms with Crippen molar-refractivity contribution in [2.24, 2.45) is 0 Å². The summed E-state index contributed by atoms with van der Waals surface area (Å²) in [6.07, 6.45) is 0.379. The molecule has 3 rings (SSSR count). The van der Waals surface area contributed by atoms with Crippen molar-refractivity contribution >= 4 is 34.1 Å². The number of carbonyl (C=O) groups is 3. The molecule has 0 saturated heterocycles. The number of hydrogen-bond acceptors (Lipinski definition) is 9. The summed E-state index contributed by atoms with van der Waals surface area (Å²) in [6.45, 7) is 1.26. The number of anilines is 1. The van der Waals surface area contributed by atoms with Gasteiger partial charge in [0.05, 0.1) is 41.9 Å². The summed E-state index contributed by atoms with van der Waals surface area (Å²) in [4.78, 5) is 40.8. The van der Waals surface area contributed by atoms with Gasteiger partial charge in [-0.25, -0.2) is 18.6 Å². The molecule has 0 radical (unpaired) electrons. The zero-order chi connectivity index (χ0) is 31.4. The first-order valence-corrected chi connectivity index (χ1v) is 15.5. The zero-order valence-corrected chi connectivity index (χ0v) is 25.1. The molecule has 2 aromatic rings. The second kappa shape index (κ2) is 16.2. The van der Waals surface area contributed by atoms with E-state index in [0.717, 1.165) is 28.0 Å². The molecular weight excluding hydrogens is 580 g/mol. The number of nitrogens with one attached hydrogen (secondary N) is 3. The molecule has 236 valence electrons. The van der Waals surface area contributed by atoms with Gasteiger partial charge in [0.25, 0.3) is 10.0 Å². The number of carboxylic acid groups (broad SMARTS) is 1. The van der Waals surface area contributed by atoms with E-state index in [1.54, 1.807) is 37.3 Å². The van der Waals surface area contributed by atoms with Crippen LogP contribution in [0.15, 0.2) is 59.5 Å². The molecule has 1 aliphatic rings. The number of hydrazine groups is 2. The van der Waals surface area contributed by atoms with Gasteiger partial charge in [0.2, 0.25) is 12.3 Å². The summed E-state index contributed by atoms with van der Waals surface area (Å²) >= 11 is 0. The molecule has 14 nitrogen and oxygen atoms in total. The summed E-state index contributed by atoms with van der Waals surface area (Å²) in [5.41, 5.74) is 3.76. The molecule has 0 aliphatic heterocycles. The number of nitrogens with zero attached hydrogens (tertiary/aromatic N) is 3. The lowest BCUT2D eigenvalue weighted by molar-refractivity contribution is -0.145. The molecule has 0 spiro atoms. The predicted molar refractivity (Wildman–Crippen MR) is 158 cm³/mol. The molecule has 2 atom stereocenters. The first kappa shape index (κ1) is 33.7. The Kier molecular flexibility index (Phi) is 12.7. The van der Waals surface area contributed by atoms with Gasteiger partial charge in [-0.2, -0.15) is 5.12 Å². The molecular formula is C28H40N6O8S. The number of rotatable bonds is 17. The van der Waals surface area contributed by atoms with Crippen molar-refractivity contribution in [2.75, 3.05) is 31.7 Å². The van der Waals surface area contributed by atoms with Crippen LogP contribution >= 0.6 is 0 Å². The molecule has 1 saturated carbocycles. The van der Waals surface area contributed by atoms with Crippen molar-refractivity contribution in [1.29, 1.82) is 0 Å². The highest BCUT2D eigenvalue weighted by molar-refractivity contribution is 7.89. The molecule has 5 N–H and O–H groups in total. The van der Waals surface area contributed by atoms with Gasteiger partial charge in [-0.3, -0.25) is 19.4 Å². The Labute approximate surface area is 251 Å². The molecule has 2 aromatic carbocycles. The third kappa shape index (κ3) is 9.62. The Morgan fingerprint density at radius 3 is 2.42 bits per heavy atom. The van der Waals surface area contributed by atoms with Crippen molar-refractivity contribution in [3.63, 3.8) is 0 Å². The summed E-state index contributed by atoms with van der Waals surface area (Å²) in [5, 5.41) is 27.8. The SMILES string of the molecule is CCN(c1cccc(S(=O)(=O)N(C[C@@H](O)[C@H](Cc2ccccc2)NC(=O)O)OC2CCCC2)c1)N(C=O)NCC(=O)NC. The fraction of sp³-hybridized carbons (Fsp3) is 0.464. The maximum atomic E-state index is 14.0. The van der Waals surface area contributed by atoms with E-state index in [-0.39, 0.29) is 30.3 Å². The number of hydrogen-bond donors (Lipinski definition) is 5. The Balaban J connectivity index is 1.90. The largest absolute Gasteiger partial charge is 0.465 e. The minimum absolute atomic E-state index is 0.122. The van der Waals surface area contributed by atoms with Crippen molar-refractivity contribution in [3.05, 3.63) is 60.2 Å². The van der Waals surface area contributed by atoms with E-state index in [1.165, 1.54) is 30.3 Å². The normalized spacial score (nSPS) is 15.1. The third-order valence-electron chi connectivity index (χ3n) is 7.00. The minimum atomic E-state index is -4.39. The lowest BCUT2D eigenvalue weighted by Crippen LogP contribution is -2.53. The van der Waals surface area contributed by atoms with Gasteiger partial charge >= 0.3 is 6.09 Å². The van der Waals surface area contributed by atoms with E-state index in [9.17, 15) is 33.0 Å². The van der Waals surface area contributed by atoms with E-state index >= 15 is 0 Å². The van der Waals surface area contributed by atoms with E-state index in [2.05, 4.69) is 16.1 Å².